The van der Waals surface area contributed by atoms with Gasteiger partial charge in [0, 0.05) is 37.5 Å². The van der Waals surface area contributed by atoms with E-state index in [0.717, 1.165) is 15.4 Å². The predicted molar refractivity (Wildman–Crippen MR) is 320 cm³/mol. The lowest BCUT2D eigenvalue weighted by atomic mass is 10.0. The summed E-state index contributed by atoms with van der Waals surface area (Å²) in [6.07, 6.45) is 1.58. The molecule has 0 spiro atoms. The van der Waals surface area contributed by atoms with Gasteiger partial charge in [-0.15, -0.1) is 5.10 Å². The molecule has 0 bridgehead atoms. The Balaban J connectivity index is 0.919. The molecule has 8 rings (SSSR count). The van der Waals surface area contributed by atoms with Gasteiger partial charge in [-0.25, -0.2) is 33.7 Å². The Morgan fingerprint density at radius 2 is 1.39 bits per heavy atom. The van der Waals surface area contributed by atoms with Crippen molar-refractivity contribution < 1.29 is 76.9 Å². The largest absolute Gasteiger partial charge is 0.493 e. The number of primary amides is 1. The van der Waals surface area contributed by atoms with Gasteiger partial charge in [-0.05, 0) is 86.3 Å². The number of nitrogens with one attached hydrogen (secondary N) is 3. The van der Waals surface area contributed by atoms with Gasteiger partial charge in [0.1, 0.15) is 31.6 Å². The van der Waals surface area contributed by atoms with E-state index in [4.69, 9.17) is 38.9 Å². The molecule has 0 unspecified atom stereocenters. The number of methoxy groups -OCH3 is 2. The third-order valence-electron chi connectivity index (χ3n) is 15.2. The van der Waals surface area contributed by atoms with Gasteiger partial charge in [0.25, 0.3) is 11.8 Å². The number of rotatable bonds is 26. The molecule has 2 fully saturated rings. The first kappa shape index (κ1) is 64.4. The highest BCUT2D eigenvalue weighted by molar-refractivity contribution is 6.07. The van der Waals surface area contributed by atoms with Crippen molar-refractivity contribution in [3.05, 3.63) is 127 Å². The number of nitrogens with zero attached hydrogens (tertiary/aromatic N) is 7. The number of carbonyl (C=O) groups excluding carboxylic acids is 7. The minimum atomic E-state index is -1.62. The van der Waals surface area contributed by atoms with Crippen LogP contribution in [0.25, 0.3) is 0 Å². The first-order valence-electron chi connectivity index (χ1n) is 28.7. The number of carbonyl (C=O) groups is 7. The van der Waals surface area contributed by atoms with Crippen LogP contribution in [0.15, 0.2) is 104 Å². The zero-order valence-electron chi connectivity index (χ0n) is 49.6. The Kier molecular flexibility index (Phi) is 21.3. The van der Waals surface area contributed by atoms with E-state index in [-0.39, 0.29) is 117 Å². The van der Waals surface area contributed by atoms with Crippen LogP contribution in [0.2, 0.25) is 0 Å². The second-order valence-corrected chi connectivity index (χ2v) is 21.6. The number of aromatic nitrogens is 3. The van der Waals surface area contributed by atoms with Crippen molar-refractivity contribution in [2.24, 2.45) is 11.7 Å². The normalized spacial score (nSPS) is 18.4. The number of urea groups is 1. The summed E-state index contributed by atoms with van der Waals surface area (Å²) < 4.78 is 41.4. The maximum Gasteiger partial charge on any atom is 0.416 e. The van der Waals surface area contributed by atoms with Crippen molar-refractivity contribution in [3.63, 3.8) is 0 Å². The molecular weight excluding hydrogens is 1140 g/mol. The lowest BCUT2D eigenvalue weighted by molar-refractivity contribution is -0.119. The molecule has 0 aliphatic carbocycles. The van der Waals surface area contributed by atoms with Gasteiger partial charge in [0.15, 0.2) is 35.5 Å². The third-order valence-corrected chi connectivity index (χ3v) is 15.2. The summed E-state index contributed by atoms with van der Waals surface area (Å²) in [6.45, 7) is 19.6. The molecule has 0 radical (unpaired) electrons. The van der Waals surface area contributed by atoms with Crippen LogP contribution in [0.3, 0.4) is 0 Å². The highest BCUT2D eigenvalue weighted by Gasteiger charge is 2.48. The van der Waals surface area contributed by atoms with Gasteiger partial charge in [0.2, 0.25) is 5.91 Å². The Hall–Kier alpha value is -9.63. The minimum absolute atomic E-state index is 0.00490. The van der Waals surface area contributed by atoms with Crippen molar-refractivity contribution >= 4 is 59.1 Å². The zero-order chi connectivity index (χ0) is 63.3. The number of amides is 8. The van der Waals surface area contributed by atoms with Gasteiger partial charge >= 0.3 is 24.3 Å². The predicted octanol–water partition coefficient (Wildman–Crippen LogP) is 6.64. The van der Waals surface area contributed by atoms with E-state index in [1.165, 1.54) is 65.1 Å². The van der Waals surface area contributed by atoms with Crippen LogP contribution in [0.5, 0.6) is 23.0 Å². The Morgan fingerprint density at radius 1 is 0.784 bits per heavy atom. The summed E-state index contributed by atoms with van der Waals surface area (Å²) in [7, 11) is 2.84. The van der Waals surface area contributed by atoms with Crippen molar-refractivity contribution in [3.8, 4) is 23.0 Å². The van der Waals surface area contributed by atoms with Crippen LogP contribution in [0.1, 0.15) is 103 Å². The van der Waals surface area contributed by atoms with E-state index >= 15 is 0 Å². The lowest BCUT2D eigenvalue weighted by Gasteiger charge is -2.32. The summed E-state index contributed by atoms with van der Waals surface area (Å²) in [6, 6.07) is 8.36. The van der Waals surface area contributed by atoms with Crippen LogP contribution >= 0.6 is 0 Å². The first-order chi connectivity index (χ1) is 42.3. The average Bonchev–Trinajstić information content (AvgIpc) is 1.78. The number of fused-ring (bicyclic) bond motifs is 4. The summed E-state index contributed by atoms with van der Waals surface area (Å²) in [5, 5.41) is 40.3. The topological polar surface area (TPSA) is 330 Å². The molecule has 1 aromatic heterocycles. The molecule has 27 heteroatoms. The summed E-state index contributed by atoms with van der Waals surface area (Å²) in [4.78, 5) is 98.8. The molecule has 88 heavy (non-hydrogen) atoms. The smallest absolute Gasteiger partial charge is 0.416 e. The maximum atomic E-state index is 14.4. The first-order valence-corrected chi connectivity index (χ1v) is 28.7. The number of hydrogen-bond donors (Lipinski definition) is 6. The molecule has 4 aliphatic heterocycles. The second kappa shape index (κ2) is 29.2. The zero-order valence-corrected chi connectivity index (χ0v) is 49.6. The second-order valence-electron chi connectivity index (χ2n) is 21.6. The summed E-state index contributed by atoms with van der Waals surface area (Å²) >= 11 is 0. The van der Waals surface area contributed by atoms with E-state index in [2.05, 4.69) is 52.6 Å². The number of aliphatic hydroxyl groups excluding tert-OH is 2. The van der Waals surface area contributed by atoms with Crippen LogP contribution in [-0.2, 0) is 25.6 Å². The SMILES string of the molecule is C=CCOC(=O)N[C@H](c1cn([C@@H](CCCNC(N)=O)C(=O)Nc2ccc(COC(=O)N3c4cc(OCCCCCOc5cc6c(cc5OC)C(=O)N5CC(=C)C[C@H]5[C@H](O)N6C(=O)OCC=C)c(OC)cc4C(=O)N4CCC(=C)[C@H]4[C@@H]3O)cc2)nn1)C(C)C. The number of hydrogen-bond acceptors (Lipinski definition) is 18. The fourth-order valence-electron chi connectivity index (χ4n) is 10.8. The summed E-state index contributed by atoms with van der Waals surface area (Å²) in [5.41, 5.74) is 8.05. The molecule has 6 atom stereocenters. The van der Waals surface area contributed by atoms with Gasteiger partial charge in [-0.2, -0.15) is 0 Å². The highest BCUT2D eigenvalue weighted by Crippen LogP contribution is 2.44. The van der Waals surface area contributed by atoms with E-state index in [9.17, 15) is 43.8 Å². The molecule has 470 valence electrons. The third kappa shape index (κ3) is 14.6. The van der Waals surface area contributed by atoms with Gasteiger partial charge in [-0.3, -0.25) is 14.4 Å². The maximum absolute atomic E-state index is 14.4. The molecular formula is C61H75N11O16. The number of ether oxygens (including phenoxy) is 7. The number of anilines is 3. The van der Waals surface area contributed by atoms with Crippen molar-refractivity contribution in [1.82, 2.24) is 35.4 Å². The molecule has 3 aromatic carbocycles. The van der Waals surface area contributed by atoms with E-state index in [1.807, 2.05) is 13.8 Å². The Bertz CT molecular complexity index is 3300. The van der Waals surface area contributed by atoms with Crippen LogP contribution in [0, 0.1) is 5.92 Å². The molecule has 5 heterocycles. The number of nitrogens with two attached hydrogens (primary N) is 1. The van der Waals surface area contributed by atoms with E-state index in [0.29, 0.717) is 54.6 Å². The monoisotopic (exact) mass is 1220 g/mol. The summed E-state index contributed by atoms with van der Waals surface area (Å²) in [5.74, 6) is -0.680. The fraction of sp³-hybridized carbons (Fsp3) is 0.426. The molecule has 7 N–H and O–H groups in total. The van der Waals surface area contributed by atoms with Crippen molar-refractivity contribution in [1.29, 1.82) is 0 Å². The highest BCUT2D eigenvalue weighted by atomic mass is 16.6. The van der Waals surface area contributed by atoms with Crippen LogP contribution in [-0.4, -0.2) is 162 Å². The average molecular weight is 1220 g/mol. The number of unbranched alkanes of at least 4 members (excludes halogenated alkanes) is 2. The number of benzene rings is 3. The quantitative estimate of drug-likeness (QED) is 0.0218. The lowest BCUT2D eigenvalue weighted by Crippen LogP contribution is -2.51. The fourth-order valence-corrected chi connectivity index (χ4v) is 10.8. The molecule has 4 aliphatic rings. The number of alkyl carbamates (subject to hydrolysis) is 1. The molecule has 2 saturated heterocycles. The Labute approximate surface area is 508 Å². The standard InChI is InChI=1S/C61H75N11O16/c1-9-23-86-59(79)65-51(35(3)4)42-33-70(67-66-42)43(15-14-21-63-58(62)78)53(73)64-39-18-16-38(17-19-39)34-88-61(81)72-45-31-50(47(82-7)28-40(45)54(74)68-22-20-37(6)52(68)57(72)77)85-26-13-11-12-25-84-49-30-44-41(29-48(49)83-8)55(75)69-32-36(5)27-46(69)56(76)71(44)60(80)87-24-10-2/h9-10,16-19,28-31,33,35,43,46,51-52,56-57,76-77H,1-2,5-6,11-15,20-27,32,34H2,3-4,7-8H3,(H,64,73)(H,65,79)(H3,62,63,78)/t43-,46-,51-,52-,56-,57-/m0/s1. The van der Waals surface area contributed by atoms with Crippen molar-refractivity contribution in [2.45, 2.75) is 102 Å². The van der Waals surface area contributed by atoms with Crippen molar-refractivity contribution in [2.75, 3.05) is 75.4 Å². The molecule has 8 amide bonds. The van der Waals surface area contributed by atoms with E-state index < -0.39 is 78.7 Å². The van der Waals surface area contributed by atoms with E-state index in [1.54, 1.807) is 30.5 Å². The van der Waals surface area contributed by atoms with Gasteiger partial charge in [-0.1, -0.05) is 75.2 Å². The molecule has 4 aromatic rings. The van der Waals surface area contributed by atoms with Crippen LogP contribution < -0.4 is 50.4 Å². The van der Waals surface area contributed by atoms with Crippen LogP contribution in [0.4, 0.5) is 36.2 Å². The van der Waals surface area contributed by atoms with Gasteiger partial charge in [0.05, 0.1) is 74.3 Å². The number of aliphatic hydroxyl groups is 2. The molecule has 27 nitrogen and oxygen atoms in total. The molecule has 0 saturated carbocycles. The van der Waals surface area contributed by atoms with Gasteiger partial charge < -0.3 is 74.9 Å². The minimum Gasteiger partial charge on any atom is -0.493 e. The Morgan fingerprint density at radius 3 is 1.99 bits per heavy atom.